The normalized spacial score (nSPS) is 12.4. The summed E-state index contributed by atoms with van der Waals surface area (Å²) in [6.07, 6.45) is 1.10. The minimum atomic E-state index is 0.240. The lowest BCUT2D eigenvalue weighted by atomic mass is 10.0. The van der Waals surface area contributed by atoms with Crippen molar-refractivity contribution in [2.75, 3.05) is 6.54 Å². The number of nitrogens with one attached hydrogen (secondary N) is 1. The fourth-order valence-corrected chi connectivity index (χ4v) is 2.15. The number of aromatic nitrogens is 2. The standard InChI is InChI=1S/C16H23N3O2/c1-5-8-17-12(3)14-9-11(2)6-7-15(14)20-10-16-18-13(4)19-21-16/h6-7,9,12,17H,5,8,10H2,1-4H3. The summed E-state index contributed by atoms with van der Waals surface area (Å²) >= 11 is 0. The van der Waals surface area contributed by atoms with Gasteiger partial charge >= 0.3 is 0 Å². The predicted molar refractivity (Wildman–Crippen MR) is 81.3 cm³/mol. The van der Waals surface area contributed by atoms with Gasteiger partial charge in [-0.15, -0.1) is 0 Å². The zero-order valence-electron chi connectivity index (χ0n) is 13.1. The number of hydrogen-bond acceptors (Lipinski definition) is 5. The summed E-state index contributed by atoms with van der Waals surface area (Å²) in [6, 6.07) is 6.44. The topological polar surface area (TPSA) is 60.2 Å². The van der Waals surface area contributed by atoms with Crippen molar-refractivity contribution in [2.45, 2.75) is 46.8 Å². The number of benzene rings is 1. The van der Waals surface area contributed by atoms with Crippen LogP contribution in [0, 0.1) is 13.8 Å². The molecule has 1 heterocycles. The first kappa shape index (κ1) is 15.5. The van der Waals surface area contributed by atoms with E-state index in [1.165, 1.54) is 5.56 Å². The van der Waals surface area contributed by atoms with Gasteiger partial charge in [-0.2, -0.15) is 4.98 Å². The molecule has 0 spiro atoms. The summed E-state index contributed by atoms with van der Waals surface area (Å²) < 4.78 is 10.9. The van der Waals surface area contributed by atoms with Gasteiger partial charge < -0.3 is 14.6 Å². The maximum Gasteiger partial charge on any atom is 0.264 e. The molecule has 1 aromatic carbocycles. The maximum atomic E-state index is 5.86. The van der Waals surface area contributed by atoms with E-state index in [1.54, 1.807) is 6.92 Å². The van der Waals surface area contributed by atoms with Gasteiger partial charge in [0, 0.05) is 11.6 Å². The molecule has 0 saturated carbocycles. The fraction of sp³-hybridized carbons (Fsp3) is 0.500. The molecular weight excluding hydrogens is 266 g/mol. The molecule has 1 unspecified atom stereocenters. The van der Waals surface area contributed by atoms with Gasteiger partial charge in [0.15, 0.2) is 12.4 Å². The van der Waals surface area contributed by atoms with Crippen molar-refractivity contribution in [3.63, 3.8) is 0 Å². The Kier molecular flexibility index (Phi) is 5.33. The second-order valence-corrected chi connectivity index (χ2v) is 5.24. The molecule has 21 heavy (non-hydrogen) atoms. The first-order valence-corrected chi connectivity index (χ1v) is 7.36. The molecule has 0 aliphatic rings. The summed E-state index contributed by atoms with van der Waals surface area (Å²) in [4.78, 5) is 4.15. The molecule has 1 N–H and O–H groups in total. The molecule has 2 rings (SSSR count). The van der Waals surface area contributed by atoms with Crippen LogP contribution in [0.25, 0.3) is 0 Å². The van der Waals surface area contributed by atoms with Gasteiger partial charge in [0.25, 0.3) is 5.89 Å². The Morgan fingerprint density at radius 2 is 2.14 bits per heavy atom. The Labute approximate surface area is 125 Å². The largest absolute Gasteiger partial charge is 0.483 e. The highest BCUT2D eigenvalue weighted by molar-refractivity contribution is 5.39. The lowest BCUT2D eigenvalue weighted by Gasteiger charge is -2.18. The first-order valence-electron chi connectivity index (χ1n) is 7.36. The molecule has 0 saturated heterocycles. The highest BCUT2D eigenvalue weighted by Gasteiger charge is 2.13. The molecule has 2 aromatic rings. The summed E-state index contributed by atoms with van der Waals surface area (Å²) in [5.74, 6) is 1.97. The van der Waals surface area contributed by atoms with Gasteiger partial charge in [-0.1, -0.05) is 29.8 Å². The second kappa shape index (κ2) is 7.22. The van der Waals surface area contributed by atoms with Crippen molar-refractivity contribution < 1.29 is 9.26 Å². The van der Waals surface area contributed by atoms with Gasteiger partial charge in [0.1, 0.15) is 5.75 Å². The highest BCUT2D eigenvalue weighted by Crippen LogP contribution is 2.27. The number of rotatable bonds is 7. The third-order valence-corrected chi connectivity index (χ3v) is 3.25. The minimum absolute atomic E-state index is 0.240. The van der Waals surface area contributed by atoms with E-state index in [0.29, 0.717) is 11.7 Å². The van der Waals surface area contributed by atoms with Gasteiger partial charge in [0.05, 0.1) is 0 Å². The molecule has 114 valence electrons. The monoisotopic (exact) mass is 289 g/mol. The third-order valence-electron chi connectivity index (χ3n) is 3.25. The quantitative estimate of drug-likeness (QED) is 0.847. The van der Waals surface area contributed by atoms with E-state index < -0.39 is 0 Å². The van der Waals surface area contributed by atoms with Crippen LogP contribution in [0.2, 0.25) is 0 Å². The Morgan fingerprint density at radius 1 is 1.33 bits per heavy atom. The summed E-state index contributed by atoms with van der Waals surface area (Å²) in [7, 11) is 0. The smallest absolute Gasteiger partial charge is 0.264 e. The van der Waals surface area contributed by atoms with Gasteiger partial charge in [-0.05, 0) is 39.8 Å². The van der Waals surface area contributed by atoms with Crippen LogP contribution in [0.3, 0.4) is 0 Å². The summed E-state index contributed by atoms with van der Waals surface area (Å²) in [5.41, 5.74) is 2.37. The van der Waals surface area contributed by atoms with Gasteiger partial charge in [-0.3, -0.25) is 0 Å². The van der Waals surface area contributed by atoms with Crippen molar-refractivity contribution in [3.05, 3.63) is 41.0 Å². The van der Waals surface area contributed by atoms with E-state index in [0.717, 1.165) is 24.3 Å². The average molecular weight is 289 g/mol. The van der Waals surface area contributed by atoms with Crippen LogP contribution in [0.15, 0.2) is 22.7 Å². The van der Waals surface area contributed by atoms with E-state index in [2.05, 4.69) is 42.3 Å². The number of ether oxygens (including phenoxy) is 1. The Hall–Kier alpha value is -1.88. The van der Waals surface area contributed by atoms with E-state index in [9.17, 15) is 0 Å². The van der Waals surface area contributed by atoms with E-state index in [-0.39, 0.29) is 12.6 Å². The Bertz CT molecular complexity index is 581. The maximum absolute atomic E-state index is 5.86. The van der Waals surface area contributed by atoms with E-state index in [1.807, 2.05) is 12.1 Å². The number of hydrogen-bond donors (Lipinski definition) is 1. The zero-order valence-corrected chi connectivity index (χ0v) is 13.1. The van der Waals surface area contributed by atoms with Crippen LogP contribution in [0.5, 0.6) is 5.75 Å². The molecule has 0 fully saturated rings. The average Bonchev–Trinajstić information content (AvgIpc) is 2.89. The molecule has 0 radical (unpaired) electrons. The molecule has 0 aliphatic carbocycles. The molecule has 1 aromatic heterocycles. The van der Waals surface area contributed by atoms with Crippen LogP contribution < -0.4 is 10.1 Å². The van der Waals surface area contributed by atoms with E-state index in [4.69, 9.17) is 9.26 Å². The van der Waals surface area contributed by atoms with Crippen LogP contribution in [-0.4, -0.2) is 16.7 Å². The van der Waals surface area contributed by atoms with Crippen molar-refractivity contribution in [1.82, 2.24) is 15.5 Å². The van der Waals surface area contributed by atoms with Crippen molar-refractivity contribution in [2.24, 2.45) is 0 Å². The van der Waals surface area contributed by atoms with Crippen LogP contribution in [0.1, 0.15) is 49.2 Å². The molecule has 0 amide bonds. The molecule has 1 atom stereocenters. The molecule has 0 aliphatic heterocycles. The molecule has 5 nitrogen and oxygen atoms in total. The molecule has 5 heteroatoms. The van der Waals surface area contributed by atoms with Crippen molar-refractivity contribution in [1.29, 1.82) is 0 Å². The summed E-state index contributed by atoms with van der Waals surface area (Å²) in [5, 5.41) is 7.25. The second-order valence-electron chi connectivity index (χ2n) is 5.24. The van der Waals surface area contributed by atoms with Crippen molar-refractivity contribution >= 4 is 0 Å². The van der Waals surface area contributed by atoms with E-state index >= 15 is 0 Å². The van der Waals surface area contributed by atoms with Crippen LogP contribution in [-0.2, 0) is 6.61 Å². The van der Waals surface area contributed by atoms with Gasteiger partial charge in [0.2, 0.25) is 0 Å². The minimum Gasteiger partial charge on any atom is -0.483 e. The molecule has 0 bridgehead atoms. The Balaban J connectivity index is 2.10. The predicted octanol–water partition coefficient (Wildman–Crippen LogP) is 3.33. The lowest BCUT2D eigenvalue weighted by Crippen LogP contribution is -2.20. The molecular formula is C16H23N3O2. The van der Waals surface area contributed by atoms with Crippen LogP contribution >= 0.6 is 0 Å². The SMILES string of the molecule is CCCNC(C)c1cc(C)ccc1OCc1nc(C)no1. The van der Waals surface area contributed by atoms with Crippen molar-refractivity contribution in [3.8, 4) is 5.75 Å². The lowest BCUT2D eigenvalue weighted by molar-refractivity contribution is 0.239. The third kappa shape index (κ3) is 4.29. The van der Waals surface area contributed by atoms with Crippen LogP contribution in [0.4, 0.5) is 0 Å². The fourth-order valence-electron chi connectivity index (χ4n) is 2.15. The highest BCUT2D eigenvalue weighted by atomic mass is 16.5. The Morgan fingerprint density at radius 3 is 2.81 bits per heavy atom. The first-order chi connectivity index (χ1) is 10.1. The zero-order chi connectivity index (χ0) is 15.2. The summed E-state index contributed by atoms with van der Waals surface area (Å²) in [6.45, 7) is 9.45. The van der Waals surface area contributed by atoms with Gasteiger partial charge in [-0.25, -0.2) is 0 Å². The number of aryl methyl sites for hydroxylation is 2. The number of nitrogens with zero attached hydrogens (tertiary/aromatic N) is 2.